The number of hydrogen-bond acceptors (Lipinski definition) is 4. The van der Waals surface area contributed by atoms with Crippen molar-refractivity contribution in [3.8, 4) is 0 Å². The normalized spacial score (nSPS) is 12.8. The van der Waals surface area contributed by atoms with E-state index in [1.165, 1.54) is 32.1 Å². The van der Waals surface area contributed by atoms with Gasteiger partial charge in [0.1, 0.15) is 17.1 Å². The van der Waals surface area contributed by atoms with Gasteiger partial charge in [0.15, 0.2) is 5.58 Å². The zero-order valence-corrected chi connectivity index (χ0v) is 15.8. The number of hydrogen-bond donors (Lipinski definition) is 0. The molecule has 0 aliphatic carbocycles. The first-order chi connectivity index (χ1) is 13.4. The van der Waals surface area contributed by atoms with Crippen molar-refractivity contribution in [3.63, 3.8) is 0 Å². The summed E-state index contributed by atoms with van der Waals surface area (Å²) in [6.45, 7) is 2.25. The average Bonchev–Trinajstić information content (AvgIpc) is 3.32. The van der Waals surface area contributed by atoms with E-state index >= 15 is 0 Å². The average molecular weight is 362 g/mol. The van der Waals surface area contributed by atoms with Crippen LogP contribution < -0.4 is 0 Å². The molecule has 4 aromatic rings. The highest BCUT2D eigenvalue weighted by Crippen LogP contribution is 2.29. The van der Waals surface area contributed by atoms with Gasteiger partial charge in [0.2, 0.25) is 5.89 Å². The van der Waals surface area contributed by atoms with E-state index in [1.54, 1.807) is 0 Å². The minimum atomic E-state index is -0.0315. The Kier molecular flexibility index (Phi) is 5.47. The Morgan fingerprint density at radius 2 is 1.63 bits per heavy atom. The van der Waals surface area contributed by atoms with Gasteiger partial charge in [-0.15, -0.1) is 5.10 Å². The van der Waals surface area contributed by atoms with Gasteiger partial charge in [-0.1, -0.05) is 74.9 Å². The van der Waals surface area contributed by atoms with Crippen LogP contribution in [0.15, 0.2) is 52.9 Å². The lowest BCUT2D eigenvalue weighted by molar-refractivity contribution is 0.377. The van der Waals surface area contributed by atoms with Crippen LogP contribution in [-0.4, -0.2) is 20.0 Å². The van der Waals surface area contributed by atoms with E-state index in [2.05, 4.69) is 23.3 Å². The number of para-hydroxylation sites is 3. The molecular formula is C22H26N4O. The molecule has 140 valence electrons. The Morgan fingerprint density at radius 3 is 2.48 bits per heavy atom. The van der Waals surface area contributed by atoms with Gasteiger partial charge in [-0.2, -0.15) is 0 Å². The molecule has 2 heterocycles. The standard InChI is InChI=1S/C22H26N4O/c1-2-3-4-5-6-7-15-20(22-23-18-13-9-11-16-21(18)27-22)26-19-14-10-8-12-17(19)24-25-26/h8-14,16,20H,2-7,15H2,1H3. The van der Waals surface area contributed by atoms with Crippen molar-refractivity contribution in [3.05, 3.63) is 54.4 Å². The Bertz CT molecular complexity index is 971. The van der Waals surface area contributed by atoms with Gasteiger partial charge in [-0.25, -0.2) is 9.67 Å². The third-order valence-corrected chi connectivity index (χ3v) is 5.10. The number of benzene rings is 2. The van der Waals surface area contributed by atoms with E-state index in [0.717, 1.165) is 40.9 Å². The van der Waals surface area contributed by atoms with Gasteiger partial charge in [-0.3, -0.25) is 0 Å². The first-order valence-electron chi connectivity index (χ1n) is 10.0. The fraction of sp³-hybridized carbons (Fsp3) is 0.409. The molecule has 0 aliphatic heterocycles. The lowest BCUT2D eigenvalue weighted by Crippen LogP contribution is -2.13. The number of nitrogens with zero attached hydrogens (tertiary/aromatic N) is 4. The van der Waals surface area contributed by atoms with Gasteiger partial charge < -0.3 is 4.42 Å². The summed E-state index contributed by atoms with van der Waals surface area (Å²) >= 11 is 0. The predicted molar refractivity (Wildman–Crippen MR) is 108 cm³/mol. The summed E-state index contributed by atoms with van der Waals surface area (Å²) in [6, 6.07) is 16.0. The van der Waals surface area contributed by atoms with Crippen molar-refractivity contribution in [1.82, 2.24) is 20.0 Å². The maximum absolute atomic E-state index is 6.10. The van der Waals surface area contributed by atoms with Crippen molar-refractivity contribution >= 4 is 22.1 Å². The third kappa shape index (κ3) is 3.87. The van der Waals surface area contributed by atoms with Crippen molar-refractivity contribution in [2.45, 2.75) is 57.9 Å². The molecule has 0 aliphatic rings. The smallest absolute Gasteiger partial charge is 0.220 e. The van der Waals surface area contributed by atoms with Gasteiger partial charge in [0.05, 0.1) is 5.52 Å². The largest absolute Gasteiger partial charge is 0.438 e. The first kappa shape index (κ1) is 17.7. The Morgan fingerprint density at radius 1 is 0.889 bits per heavy atom. The molecule has 0 saturated carbocycles. The van der Waals surface area contributed by atoms with Crippen LogP contribution in [0, 0.1) is 0 Å². The molecule has 5 heteroatoms. The molecule has 0 saturated heterocycles. The molecule has 0 N–H and O–H groups in total. The molecule has 4 rings (SSSR count). The lowest BCUT2D eigenvalue weighted by Gasteiger charge is -2.14. The monoisotopic (exact) mass is 362 g/mol. The van der Waals surface area contributed by atoms with Crippen LogP contribution in [0.1, 0.15) is 63.8 Å². The summed E-state index contributed by atoms with van der Waals surface area (Å²) in [4.78, 5) is 4.75. The highest BCUT2D eigenvalue weighted by molar-refractivity contribution is 5.74. The van der Waals surface area contributed by atoms with E-state index < -0.39 is 0 Å². The van der Waals surface area contributed by atoms with Crippen LogP contribution in [-0.2, 0) is 0 Å². The Balaban J connectivity index is 1.60. The van der Waals surface area contributed by atoms with E-state index in [9.17, 15) is 0 Å². The van der Waals surface area contributed by atoms with E-state index in [0.29, 0.717) is 0 Å². The number of aromatic nitrogens is 4. The Labute approximate surface area is 159 Å². The molecule has 0 amide bonds. The maximum atomic E-state index is 6.10. The minimum Gasteiger partial charge on any atom is -0.438 e. The van der Waals surface area contributed by atoms with Crippen LogP contribution in [0.4, 0.5) is 0 Å². The van der Waals surface area contributed by atoms with Gasteiger partial charge in [-0.05, 0) is 30.7 Å². The zero-order chi connectivity index (χ0) is 18.5. The summed E-state index contributed by atoms with van der Waals surface area (Å²) in [7, 11) is 0. The third-order valence-electron chi connectivity index (χ3n) is 5.10. The van der Waals surface area contributed by atoms with Crippen molar-refractivity contribution in [2.75, 3.05) is 0 Å². The number of unbranched alkanes of at least 4 members (excludes halogenated alkanes) is 5. The molecule has 0 spiro atoms. The SMILES string of the molecule is CCCCCCCCC(c1nc2ccccc2o1)n1nnc2ccccc21. The van der Waals surface area contributed by atoms with Crippen molar-refractivity contribution < 1.29 is 4.42 Å². The minimum absolute atomic E-state index is 0.0315. The Hall–Kier alpha value is -2.69. The fourth-order valence-electron chi connectivity index (χ4n) is 3.62. The van der Waals surface area contributed by atoms with E-state index in [4.69, 9.17) is 9.40 Å². The van der Waals surface area contributed by atoms with Crippen LogP contribution in [0.3, 0.4) is 0 Å². The highest BCUT2D eigenvalue weighted by atomic mass is 16.3. The molecule has 1 atom stereocenters. The second-order valence-electron chi connectivity index (χ2n) is 7.11. The van der Waals surface area contributed by atoms with Crippen molar-refractivity contribution in [1.29, 1.82) is 0 Å². The lowest BCUT2D eigenvalue weighted by atomic mass is 10.1. The molecular weight excluding hydrogens is 336 g/mol. The summed E-state index contributed by atoms with van der Waals surface area (Å²) in [5, 5.41) is 8.77. The van der Waals surface area contributed by atoms with Gasteiger partial charge in [0, 0.05) is 0 Å². The molecule has 0 fully saturated rings. The summed E-state index contributed by atoms with van der Waals surface area (Å²) < 4.78 is 8.08. The quantitative estimate of drug-likeness (QED) is 0.347. The highest BCUT2D eigenvalue weighted by Gasteiger charge is 2.23. The van der Waals surface area contributed by atoms with E-state index in [-0.39, 0.29) is 6.04 Å². The van der Waals surface area contributed by atoms with Crippen LogP contribution in [0.5, 0.6) is 0 Å². The molecule has 0 radical (unpaired) electrons. The van der Waals surface area contributed by atoms with Gasteiger partial charge >= 0.3 is 0 Å². The number of rotatable bonds is 9. The van der Waals surface area contributed by atoms with Crippen molar-refractivity contribution in [2.24, 2.45) is 0 Å². The van der Waals surface area contributed by atoms with Crippen LogP contribution in [0.2, 0.25) is 0 Å². The molecule has 27 heavy (non-hydrogen) atoms. The molecule has 2 aromatic heterocycles. The first-order valence-corrected chi connectivity index (χ1v) is 10.0. The van der Waals surface area contributed by atoms with Crippen LogP contribution in [0.25, 0.3) is 22.1 Å². The van der Waals surface area contributed by atoms with Gasteiger partial charge in [0.25, 0.3) is 0 Å². The topological polar surface area (TPSA) is 56.7 Å². The second-order valence-corrected chi connectivity index (χ2v) is 7.11. The molecule has 5 nitrogen and oxygen atoms in total. The zero-order valence-electron chi connectivity index (χ0n) is 15.8. The maximum Gasteiger partial charge on any atom is 0.220 e. The number of oxazole rings is 1. The van der Waals surface area contributed by atoms with Crippen LogP contribution >= 0.6 is 0 Å². The fourth-order valence-corrected chi connectivity index (χ4v) is 3.62. The predicted octanol–water partition coefficient (Wildman–Crippen LogP) is 5.91. The summed E-state index contributed by atoms with van der Waals surface area (Å²) in [6.07, 6.45) is 8.50. The molecule has 1 unspecified atom stereocenters. The molecule has 0 bridgehead atoms. The second kappa shape index (κ2) is 8.33. The summed E-state index contributed by atoms with van der Waals surface area (Å²) in [5.41, 5.74) is 3.65. The summed E-state index contributed by atoms with van der Waals surface area (Å²) in [5.74, 6) is 0.723. The van der Waals surface area contributed by atoms with E-state index in [1.807, 2.05) is 47.1 Å². The molecule has 2 aromatic carbocycles. The number of fused-ring (bicyclic) bond motifs is 2.